The number of benzene rings is 1. The van der Waals surface area contributed by atoms with E-state index in [0.717, 1.165) is 13.1 Å². The first-order valence-corrected chi connectivity index (χ1v) is 6.59. The largest absolute Gasteiger partial charge is 0.324 e. The van der Waals surface area contributed by atoms with Crippen LogP contribution in [-0.2, 0) is 0 Å². The Bertz CT molecular complexity index is 502. The molecule has 1 saturated heterocycles. The molecule has 7 heteroatoms. The minimum absolute atomic E-state index is 0.220. The minimum atomic E-state index is -0.523. The lowest BCUT2D eigenvalue weighted by atomic mass is 10.2. The maximum Gasteiger partial charge on any atom is 0.324 e. The molecule has 1 aliphatic heterocycles. The number of rotatable bonds is 1. The summed E-state index contributed by atoms with van der Waals surface area (Å²) in [5, 5.41) is 6.11. The van der Waals surface area contributed by atoms with Crippen LogP contribution in [0.4, 0.5) is 4.79 Å². The monoisotopic (exact) mass is 301 g/mol. The Morgan fingerprint density at radius 3 is 2.53 bits per heavy atom. The van der Waals surface area contributed by atoms with E-state index in [1.807, 2.05) is 0 Å². The van der Waals surface area contributed by atoms with Crippen LogP contribution < -0.4 is 10.6 Å². The van der Waals surface area contributed by atoms with Crippen molar-refractivity contribution in [3.63, 3.8) is 0 Å². The van der Waals surface area contributed by atoms with Crippen molar-refractivity contribution in [2.75, 3.05) is 26.2 Å². The number of nitrogens with one attached hydrogen (secondary N) is 2. The highest BCUT2D eigenvalue weighted by molar-refractivity contribution is 6.37. The molecule has 0 bridgehead atoms. The Kier molecular flexibility index (Phi) is 4.63. The molecule has 3 amide bonds. The average molecular weight is 302 g/mol. The van der Waals surface area contributed by atoms with Crippen LogP contribution >= 0.6 is 23.2 Å². The van der Waals surface area contributed by atoms with E-state index < -0.39 is 11.9 Å². The summed E-state index contributed by atoms with van der Waals surface area (Å²) < 4.78 is 0. The summed E-state index contributed by atoms with van der Waals surface area (Å²) in [5.74, 6) is -0.523. The number of urea groups is 1. The van der Waals surface area contributed by atoms with Crippen molar-refractivity contribution in [2.24, 2.45) is 0 Å². The van der Waals surface area contributed by atoms with Crippen LogP contribution in [-0.4, -0.2) is 43.0 Å². The van der Waals surface area contributed by atoms with Crippen molar-refractivity contribution < 1.29 is 9.59 Å². The van der Waals surface area contributed by atoms with Crippen LogP contribution in [0.1, 0.15) is 10.4 Å². The summed E-state index contributed by atoms with van der Waals surface area (Å²) in [6, 6.07) is 4.10. The molecule has 0 atom stereocenters. The highest BCUT2D eigenvalue weighted by Gasteiger charge is 2.20. The molecule has 5 nitrogen and oxygen atoms in total. The SMILES string of the molecule is O=C(NC(=O)N1CCNCC1)c1ccc(Cl)cc1Cl. The smallest absolute Gasteiger partial charge is 0.322 e. The van der Waals surface area contributed by atoms with Gasteiger partial charge in [-0.2, -0.15) is 0 Å². The Hall–Kier alpha value is -1.30. The molecule has 0 aliphatic carbocycles. The van der Waals surface area contributed by atoms with Gasteiger partial charge in [0.1, 0.15) is 0 Å². The minimum Gasteiger partial charge on any atom is -0.322 e. The van der Waals surface area contributed by atoms with Gasteiger partial charge in [-0.05, 0) is 18.2 Å². The summed E-state index contributed by atoms with van der Waals surface area (Å²) in [5.41, 5.74) is 0.231. The third kappa shape index (κ3) is 3.59. The number of carbonyl (C=O) groups is 2. The average Bonchev–Trinajstić information content (AvgIpc) is 2.39. The van der Waals surface area contributed by atoms with Crippen molar-refractivity contribution in [3.8, 4) is 0 Å². The number of hydrogen-bond acceptors (Lipinski definition) is 3. The predicted molar refractivity (Wildman–Crippen MR) is 73.8 cm³/mol. The summed E-state index contributed by atoms with van der Waals surface area (Å²) in [6.07, 6.45) is 0. The van der Waals surface area contributed by atoms with Crippen molar-refractivity contribution >= 4 is 35.1 Å². The molecule has 1 aromatic rings. The zero-order valence-electron chi connectivity index (χ0n) is 10.1. The molecule has 1 aliphatic rings. The first-order valence-electron chi connectivity index (χ1n) is 5.84. The molecule has 2 N–H and O–H groups in total. The summed E-state index contributed by atoms with van der Waals surface area (Å²) >= 11 is 11.7. The second-order valence-corrected chi connectivity index (χ2v) is 4.96. The summed E-state index contributed by atoms with van der Waals surface area (Å²) in [6.45, 7) is 2.60. The van der Waals surface area contributed by atoms with E-state index in [0.29, 0.717) is 18.1 Å². The third-order valence-electron chi connectivity index (χ3n) is 2.80. The Balaban J connectivity index is 2.02. The zero-order valence-corrected chi connectivity index (χ0v) is 11.6. The second kappa shape index (κ2) is 6.23. The molecule has 0 radical (unpaired) electrons. The molecular formula is C12H13Cl2N3O2. The molecule has 1 heterocycles. The molecular weight excluding hydrogens is 289 g/mol. The van der Waals surface area contributed by atoms with E-state index >= 15 is 0 Å². The van der Waals surface area contributed by atoms with E-state index in [-0.39, 0.29) is 10.6 Å². The standard InChI is InChI=1S/C12H13Cl2N3O2/c13-8-1-2-9(10(14)7-8)11(18)16-12(19)17-5-3-15-4-6-17/h1-2,7,15H,3-6H2,(H,16,18,19). The van der Waals surface area contributed by atoms with Gasteiger partial charge in [0.15, 0.2) is 0 Å². The number of hydrogen-bond donors (Lipinski definition) is 2. The second-order valence-electron chi connectivity index (χ2n) is 4.12. The maximum absolute atomic E-state index is 11.9. The highest BCUT2D eigenvalue weighted by atomic mass is 35.5. The molecule has 0 aromatic heterocycles. The number of halogens is 2. The van der Waals surface area contributed by atoms with Crippen LogP contribution in [0.15, 0.2) is 18.2 Å². The topological polar surface area (TPSA) is 61.4 Å². The zero-order chi connectivity index (χ0) is 13.8. The van der Waals surface area contributed by atoms with Gasteiger partial charge in [-0.1, -0.05) is 23.2 Å². The fourth-order valence-corrected chi connectivity index (χ4v) is 2.28. The number of carbonyl (C=O) groups excluding carboxylic acids is 2. The summed E-state index contributed by atoms with van der Waals surface area (Å²) in [7, 11) is 0. The van der Waals surface area contributed by atoms with E-state index in [4.69, 9.17) is 23.2 Å². The van der Waals surface area contributed by atoms with Crippen molar-refractivity contribution in [2.45, 2.75) is 0 Å². The Labute approximate surface area is 120 Å². The first kappa shape index (κ1) is 14.1. The van der Waals surface area contributed by atoms with Gasteiger partial charge in [0.2, 0.25) is 0 Å². The maximum atomic E-state index is 11.9. The van der Waals surface area contributed by atoms with Gasteiger partial charge in [0.25, 0.3) is 5.91 Å². The molecule has 2 rings (SSSR count). The molecule has 0 spiro atoms. The van der Waals surface area contributed by atoms with Crippen LogP contribution in [0.2, 0.25) is 10.0 Å². The van der Waals surface area contributed by atoms with Gasteiger partial charge in [0, 0.05) is 31.2 Å². The molecule has 1 fully saturated rings. The number of nitrogens with zero attached hydrogens (tertiary/aromatic N) is 1. The first-order chi connectivity index (χ1) is 9.08. The number of amides is 3. The normalized spacial score (nSPS) is 15.2. The quantitative estimate of drug-likeness (QED) is 0.831. The van der Waals surface area contributed by atoms with Gasteiger partial charge in [-0.15, -0.1) is 0 Å². The molecule has 0 saturated carbocycles. The van der Waals surface area contributed by atoms with E-state index in [2.05, 4.69) is 10.6 Å². The third-order valence-corrected chi connectivity index (χ3v) is 3.35. The van der Waals surface area contributed by atoms with Crippen LogP contribution in [0.25, 0.3) is 0 Å². The van der Waals surface area contributed by atoms with E-state index in [1.165, 1.54) is 12.1 Å². The molecule has 19 heavy (non-hydrogen) atoms. The van der Waals surface area contributed by atoms with Crippen molar-refractivity contribution in [1.29, 1.82) is 0 Å². The fraction of sp³-hybridized carbons (Fsp3) is 0.333. The van der Waals surface area contributed by atoms with Crippen LogP contribution in [0.3, 0.4) is 0 Å². The summed E-state index contributed by atoms with van der Waals surface area (Å²) in [4.78, 5) is 25.4. The Morgan fingerprint density at radius 2 is 1.89 bits per heavy atom. The van der Waals surface area contributed by atoms with E-state index in [1.54, 1.807) is 11.0 Å². The molecule has 102 valence electrons. The van der Waals surface area contributed by atoms with Crippen molar-refractivity contribution in [1.82, 2.24) is 15.5 Å². The predicted octanol–water partition coefficient (Wildman–Crippen LogP) is 1.75. The molecule has 0 unspecified atom stereocenters. The molecule has 1 aromatic carbocycles. The van der Waals surface area contributed by atoms with Gasteiger partial charge in [-0.3, -0.25) is 10.1 Å². The number of piperazine rings is 1. The van der Waals surface area contributed by atoms with Gasteiger partial charge >= 0.3 is 6.03 Å². The van der Waals surface area contributed by atoms with Gasteiger partial charge in [-0.25, -0.2) is 4.79 Å². The Morgan fingerprint density at radius 1 is 1.21 bits per heavy atom. The van der Waals surface area contributed by atoms with Crippen molar-refractivity contribution in [3.05, 3.63) is 33.8 Å². The van der Waals surface area contributed by atoms with E-state index in [9.17, 15) is 9.59 Å². The lowest BCUT2D eigenvalue weighted by molar-refractivity contribution is 0.0950. The highest BCUT2D eigenvalue weighted by Crippen LogP contribution is 2.20. The fourth-order valence-electron chi connectivity index (χ4n) is 1.79. The van der Waals surface area contributed by atoms with Gasteiger partial charge in [0.05, 0.1) is 10.6 Å². The number of imide groups is 1. The lowest BCUT2D eigenvalue weighted by Gasteiger charge is -2.27. The lowest BCUT2D eigenvalue weighted by Crippen LogP contribution is -2.51. The van der Waals surface area contributed by atoms with Crippen LogP contribution in [0.5, 0.6) is 0 Å². The van der Waals surface area contributed by atoms with Gasteiger partial charge < -0.3 is 10.2 Å². The van der Waals surface area contributed by atoms with Crippen LogP contribution in [0, 0.1) is 0 Å².